The molecule has 1 N–H and O–H groups in total. The normalized spacial score (nSPS) is 24.2. The maximum atomic E-state index is 12.2. The molecule has 2 aliphatic heterocycles. The monoisotopic (exact) mass is 312 g/mol. The Morgan fingerprint density at radius 1 is 1.57 bits per heavy atom. The van der Waals surface area contributed by atoms with Crippen LogP contribution in [0.3, 0.4) is 0 Å². The van der Waals surface area contributed by atoms with Crippen LogP contribution in [0.1, 0.15) is 6.42 Å². The van der Waals surface area contributed by atoms with E-state index in [-0.39, 0.29) is 11.6 Å². The van der Waals surface area contributed by atoms with Crippen molar-refractivity contribution >= 4 is 23.3 Å². The molecule has 0 saturated carbocycles. The maximum Gasteiger partial charge on any atom is 0.327 e. The molecular formula is C13H17ClN4O3. The molecule has 0 bridgehead atoms. The van der Waals surface area contributed by atoms with E-state index in [0.717, 1.165) is 30.7 Å². The average Bonchev–Trinajstić information content (AvgIpc) is 3.07. The van der Waals surface area contributed by atoms with E-state index in [4.69, 9.17) is 11.6 Å². The Morgan fingerprint density at radius 3 is 3.14 bits per heavy atom. The van der Waals surface area contributed by atoms with Crippen molar-refractivity contribution in [3.05, 3.63) is 21.6 Å². The van der Waals surface area contributed by atoms with Crippen LogP contribution < -0.4 is 15.8 Å². The van der Waals surface area contributed by atoms with Crippen molar-refractivity contribution in [1.82, 2.24) is 15.1 Å². The lowest BCUT2D eigenvalue weighted by atomic mass is 10.1. The van der Waals surface area contributed by atoms with Gasteiger partial charge in [-0.15, -0.1) is 0 Å². The minimum absolute atomic E-state index is 0.112. The van der Waals surface area contributed by atoms with Gasteiger partial charge in [0.2, 0.25) is 0 Å². The highest BCUT2D eigenvalue weighted by atomic mass is 35.5. The second-order valence-electron chi connectivity index (χ2n) is 5.35. The fourth-order valence-corrected chi connectivity index (χ4v) is 3.36. The van der Waals surface area contributed by atoms with Gasteiger partial charge in [-0.05, 0) is 12.3 Å². The molecule has 8 heteroatoms. The van der Waals surface area contributed by atoms with E-state index in [2.05, 4.69) is 20.1 Å². The Labute approximate surface area is 126 Å². The number of nitrogens with one attached hydrogen (secondary N) is 1. The van der Waals surface area contributed by atoms with E-state index in [0.29, 0.717) is 17.6 Å². The Kier molecular flexibility index (Phi) is 3.86. The number of halogens is 1. The molecule has 3 heterocycles. The zero-order valence-electron chi connectivity index (χ0n) is 11.7. The summed E-state index contributed by atoms with van der Waals surface area (Å²) in [6.45, 7) is 2.54. The minimum Gasteiger partial charge on any atom is -0.468 e. The lowest BCUT2D eigenvalue weighted by molar-refractivity contribution is -0.141. The van der Waals surface area contributed by atoms with Crippen LogP contribution in [-0.4, -0.2) is 48.5 Å². The van der Waals surface area contributed by atoms with E-state index >= 15 is 0 Å². The molecule has 2 saturated heterocycles. The minimum atomic E-state index is -0.533. The van der Waals surface area contributed by atoms with Gasteiger partial charge in [-0.3, -0.25) is 9.59 Å². The molecule has 2 atom stereocenters. The number of hydrogen-bond donors (Lipinski definition) is 1. The summed E-state index contributed by atoms with van der Waals surface area (Å²) < 4.78 is 5.56. The van der Waals surface area contributed by atoms with Gasteiger partial charge in [0.15, 0.2) is 0 Å². The molecule has 0 radical (unpaired) electrons. The number of aromatic nitrogens is 2. The lowest BCUT2D eigenvalue weighted by Gasteiger charge is -2.26. The zero-order valence-corrected chi connectivity index (χ0v) is 12.5. The van der Waals surface area contributed by atoms with Crippen molar-refractivity contribution in [3.8, 4) is 0 Å². The summed E-state index contributed by atoms with van der Waals surface area (Å²) >= 11 is 6.21. The van der Waals surface area contributed by atoms with Crippen molar-refractivity contribution in [1.29, 1.82) is 0 Å². The number of carbonyl (C=O) groups is 1. The second kappa shape index (κ2) is 5.65. The fourth-order valence-electron chi connectivity index (χ4n) is 3.10. The van der Waals surface area contributed by atoms with Gasteiger partial charge in [0.1, 0.15) is 11.6 Å². The third-order valence-electron chi connectivity index (χ3n) is 4.23. The van der Waals surface area contributed by atoms with Gasteiger partial charge in [-0.1, -0.05) is 11.6 Å². The predicted molar refractivity (Wildman–Crippen MR) is 77.6 cm³/mol. The SMILES string of the molecule is COC(=O)Cn1ncc(N2CC[C@H]3CNC[C@H]32)c(Cl)c1=O. The van der Waals surface area contributed by atoms with Crippen molar-refractivity contribution < 1.29 is 9.53 Å². The summed E-state index contributed by atoms with van der Waals surface area (Å²) in [5.41, 5.74) is 0.188. The summed E-state index contributed by atoms with van der Waals surface area (Å²) in [5, 5.41) is 7.51. The Bertz CT molecular complexity index is 618. The average molecular weight is 313 g/mol. The number of carbonyl (C=O) groups excluding carboxylic acids is 1. The fraction of sp³-hybridized carbons (Fsp3) is 0.615. The molecule has 0 spiro atoms. The molecule has 2 fully saturated rings. The van der Waals surface area contributed by atoms with Gasteiger partial charge in [-0.25, -0.2) is 4.68 Å². The van der Waals surface area contributed by atoms with E-state index in [1.165, 1.54) is 7.11 Å². The Balaban J connectivity index is 1.89. The van der Waals surface area contributed by atoms with Gasteiger partial charge in [0.05, 0.1) is 19.0 Å². The van der Waals surface area contributed by atoms with Crippen LogP contribution in [0.5, 0.6) is 0 Å². The van der Waals surface area contributed by atoms with Crippen LogP contribution in [0.2, 0.25) is 5.02 Å². The third-order valence-corrected chi connectivity index (χ3v) is 4.58. The van der Waals surface area contributed by atoms with Crippen molar-refractivity contribution in [3.63, 3.8) is 0 Å². The summed E-state index contributed by atoms with van der Waals surface area (Å²) in [6.07, 6.45) is 2.65. The van der Waals surface area contributed by atoms with Crippen molar-refractivity contribution in [2.75, 3.05) is 31.6 Å². The van der Waals surface area contributed by atoms with Crippen LogP contribution in [0.25, 0.3) is 0 Å². The predicted octanol–water partition coefficient (Wildman–Crippen LogP) is -0.132. The highest BCUT2D eigenvalue weighted by Gasteiger charge is 2.38. The molecule has 114 valence electrons. The van der Waals surface area contributed by atoms with Gasteiger partial charge in [0, 0.05) is 25.7 Å². The number of anilines is 1. The number of esters is 1. The molecule has 0 aromatic carbocycles. The topological polar surface area (TPSA) is 76.5 Å². The number of fused-ring (bicyclic) bond motifs is 1. The first-order chi connectivity index (χ1) is 10.1. The van der Waals surface area contributed by atoms with Crippen LogP contribution in [-0.2, 0) is 16.1 Å². The maximum absolute atomic E-state index is 12.2. The number of ether oxygens (including phenoxy) is 1. The van der Waals surface area contributed by atoms with Gasteiger partial charge in [-0.2, -0.15) is 5.10 Å². The highest BCUT2D eigenvalue weighted by Crippen LogP contribution is 2.33. The number of nitrogens with zero attached hydrogens (tertiary/aromatic N) is 3. The second-order valence-corrected chi connectivity index (χ2v) is 5.73. The summed E-state index contributed by atoms with van der Waals surface area (Å²) in [4.78, 5) is 25.6. The van der Waals surface area contributed by atoms with Crippen molar-refractivity contribution in [2.45, 2.75) is 19.0 Å². The molecule has 21 heavy (non-hydrogen) atoms. The molecular weight excluding hydrogens is 296 g/mol. The molecule has 2 aliphatic rings. The number of hydrogen-bond acceptors (Lipinski definition) is 6. The molecule has 1 aromatic rings. The van der Waals surface area contributed by atoms with Gasteiger partial charge >= 0.3 is 5.97 Å². The first-order valence-electron chi connectivity index (χ1n) is 6.91. The smallest absolute Gasteiger partial charge is 0.327 e. The Morgan fingerprint density at radius 2 is 2.38 bits per heavy atom. The van der Waals surface area contributed by atoms with Gasteiger partial charge < -0.3 is 15.0 Å². The molecule has 7 nitrogen and oxygen atoms in total. The first-order valence-corrected chi connectivity index (χ1v) is 7.29. The summed E-state index contributed by atoms with van der Waals surface area (Å²) in [5.74, 6) is 0.0632. The van der Waals surface area contributed by atoms with Crippen LogP contribution in [0.15, 0.2) is 11.0 Å². The van der Waals surface area contributed by atoms with E-state index in [1.54, 1.807) is 6.20 Å². The van der Waals surface area contributed by atoms with E-state index < -0.39 is 11.5 Å². The summed E-state index contributed by atoms with van der Waals surface area (Å²) in [6, 6.07) is 0.361. The van der Waals surface area contributed by atoms with Crippen molar-refractivity contribution in [2.24, 2.45) is 5.92 Å². The van der Waals surface area contributed by atoms with E-state index in [9.17, 15) is 9.59 Å². The molecule has 3 rings (SSSR count). The van der Waals surface area contributed by atoms with Crippen LogP contribution >= 0.6 is 11.6 Å². The van der Waals surface area contributed by atoms with E-state index in [1.807, 2.05) is 0 Å². The quantitative estimate of drug-likeness (QED) is 0.784. The Hall–Kier alpha value is -1.60. The largest absolute Gasteiger partial charge is 0.468 e. The third kappa shape index (κ3) is 2.51. The first kappa shape index (κ1) is 14.3. The molecule has 0 unspecified atom stereocenters. The number of rotatable bonds is 3. The zero-order chi connectivity index (χ0) is 15.0. The highest BCUT2D eigenvalue weighted by molar-refractivity contribution is 6.33. The molecule has 1 aromatic heterocycles. The number of methoxy groups -OCH3 is 1. The molecule has 0 aliphatic carbocycles. The molecule has 0 amide bonds. The van der Waals surface area contributed by atoms with Crippen LogP contribution in [0, 0.1) is 5.92 Å². The van der Waals surface area contributed by atoms with Gasteiger partial charge in [0.25, 0.3) is 5.56 Å². The summed E-state index contributed by atoms with van der Waals surface area (Å²) in [7, 11) is 1.26. The lowest BCUT2D eigenvalue weighted by Crippen LogP contribution is -2.36. The standard InChI is InChI=1S/C13H17ClN4O3/c1-21-11(19)7-18-13(20)12(14)10(6-16-18)17-3-2-8-4-15-5-9(8)17/h6,8-9,15H,2-5,7H2,1H3/t8-,9+/m0/s1. The van der Waals surface area contributed by atoms with Crippen LogP contribution in [0.4, 0.5) is 5.69 Å².